The van der Waals surface area contributed by atoms with Gasteiger partial charge in [0.2, 0.25) is 5.88 Å². The normalized spacial score (nSPS) is 14.3. The molecule has 0 aliphatic carbocycles. The summed E-state index contributed by atoms with van der Waals surface area (Å²) in [5.74, 6) is 0.576. The lowest BCUT2D eigenvalue weighted by molar-refractivity contribution is 0.00645. The predicted octanol–water partition coefficient (Wildman–Crippen LogP) is 5.20. The molecule has 0 aliphatic heterocycles. The molecule has 0 aromatic carbocycles. The van der Waals surface area contributed by atoms with Crippen LogP contribution < -0.4 is 4.74 Å². The van der Waals surface area contributed by atoms with Crippen molar-refractivity contribution in [2.75, 3.05) is 0 Å². The van der Waals surface area contributed by atoms with Crippen LogP contribution >= 0.6 is 38.5 Å². The Bertz CT molecular complexity index is 449. The van der Waals surface area contributed by atoms with Gasteiger partial charge in [-0.2, -0.15) is 0 Å². The van der Waals surface area contributed by atoms with E-state index in [1.54, 1.807) is 6.20 Å². The van der Waals surface area contributed by atoms with Crippen LogP contribution in [0.25, 0.3) is 0 Å². The van der Waals surface area contributed by atoms with Crippen molar-refractivity contribution in [1.29, 1.82) is 0 Å². The fourth-order valence-corrected chi connectivity index (χ4v) is 3.81. The first-order valence-electron chi connectivity index (χ1n) is 6.18. The molecule has 0 amide bonds. The smallest absolute Gasteiger partial charge is 0.230 e. The maximum absolute atomic E-state index is 6.15. The van der Waals surface area contributed by atoms with Gasteiger partial charge in [-0.15, -0.1) is 0 Å². The summed E-state index contributed by atoms with van der Waals surface area (Å²) < 4.78 is 13.8. The molecule has 1 rings (SSSR count). The molecule has 1 atom stereocenters. The molecule has 3 nitrogen and oxygen atoms in total. The Kier molecular flexibility index (Phi) is 5.86. The van der Waals surface area contributed by atoms with Gasteiger partial charge in [0.15, 0.2) is 14.6 Å². The number of hydrogen-bond acceptors (Lipinski definition) is 3. The van der Waals surface area contributed by atoms with Crippen molar-refractivity contribution in [2.45, 2.75) is 52.1 Å². The highest BCUT2D eigenvalue weighted by Gasteiger charge is 2.39. The Balaban J connectivity index is 2.73. The molecule has 1 aromatic rings. The molecule has 19 heavy (non-hydrogen) atoms. The first-order valence-corrected chi connectivity index (χ1v) is 11.0. The zero-order valence-corrected chi connectivity index (χ0v) is 17.0. The van der Waals surface area contributed by atoms with E-state index in [2.05, 4.69) is 77.4 Å². The summed E-state index contributed by atoms with van der Waals surface area (Å²) in [4.78, 5) is 4.27. The van der Waals surface area contributed by atoms with Crippen molar-refractivity contribution in [1.82, 2.24) is 4.98 Å². The lowest BCUT2D eigenvalue weighted by Gasteiger charge is -2.38. The third kappa shape index (κ3) is 4.98. The summed E-state index contributed by atoms with van der Waals surface area (Å²) in [7, 11) is -1.82. The third-order valence-electron chi connectivity index (χ3n) is 3.32. The van der Waals surface area contributed by atoms with E-state index in [4.69, 9.17) is 9.16 Å². The molecule has 0 saturated heterocycles. The lowest BCUT2D eigenvalue weighted by Crippen LogP contribution is -2.44. The van der Waals surface area contributed by atoms with Crippen molar-refractivity contribution in [2.24, 2.45) is 0 Å². The number of halogens is 2. The van der Waals surface area contributed by atoms with Crippen LogP contribution in [0.4, 0.5) is 0 Å². The van der Waals surface area contributed by atoms with Gasteiger partial charge in [-0.05, 0) is 69.6 Å². The minimum absolute atomic E-state index is 0.168. The molecule has 1 unspecified atom stereocenters. The van der Waals surface area contributed by atoms with Gasteiger partial charge in [0.25, 0.3) is 0 Å². The van der Waals surface area contributed by atoms with Crippen LogP contribution in [0, 0.1) is 3.57 Å². The highest BCUT2D eigenvalue weighted by molar-refractivity contribution is 14.1. The summed E-state index contributed by atoms with van der Waals surface area (Å²) in [6, 6.07) is 1.97. The first kappa shape index (κ1) is 17.4. The standard InChI is InChI=1S/C13H21BrINO2Si/c1-9(18-19(5,6)13(2,3)4)17-12-11(14)7-10(15)8-16-12/h7-9H,1-6H3. The van der Waals surface area contributed by atoms with Crippen molar-refractivity contribution in [3.05, 3.63) is 20.3 Å². The van der Waals surface area contributed by atoms with E-state index < -0.39 is 8.32 Å². The van der Waals surface area contributed by atoms with Gasteiger partial charge in [-0.1, -0.05) is 20.8 Å². The molecule has 0 fully saturated rings. The summed E-state index contributed by atoms with van der Waals surface area (Å²) in [5.41, 5.74) is 0. The van der Waals surface area contributed by atoms with Gasteiger partial charge in [-0.3, -0.25) is 0 Å². The Morgan fingerprint density at radius 2 is 1.95 bits per heavy atom. The monoisotopic (exact) mass is 457 g/mol. The minimum Gasteiger partial charge on any atom is -0.448 e. The third-order valence-corrected chi connectivity index (χ3v) is 9.01. The predicted molar refractivity (Wildman–Crippen MR) is 93.0 cm³/mol. The van der Waals surface area contributed by atoms with Gasteiger partial charge in [0.1, 0.15) is 0 Å². The van der Waals surface area contributed by atoms with E-state index in [0.29, 0.717) is 5.88 Å². The highest BCUT2D eigenvalue weighted by Crippen LogP contribution is 2.37. The van der Waals surface area contributed by atoms with Crippen LogP contribution in [-0.4, -0.2) is 19.6 Å². The van der Waals surface area contributed by atoms with Crippen LogP contribution in [0.15, 0.2) is 16.7 Å². The number of hydrogen-bond donors (Lipinski definition) is 0. The molecule has 0 N–H and O–H groups in total. The average Bonchev–Trinajstić information content (AvgIpc) is 2.19. The van der Waals surface area contributed by atoms with Crippen molar-refractivity contribution < 1.29 is 9.16 Å². The molecule has 0 spiro atoms. The summed E-state index contributed by atoms with van der Waals surface area (Å²) in [5, 5.41) is 0.168. The van der Waals surface area contributed by atoms with E-state index in [-0.39, 0.29) is 11.3 Å². The molecule has 0 saturated carbocycles. The van der Waals surface area contributed by atoms with E-state index in [1.165, 1.54) is 0 Å². The summed E-state index contributed by atoms with van der Waals surface area (Å²) in [6.07, 6.45) is 1.48. The summed E-state index contributed by atoms with van der Waals surface area (Å²) in [6.45, 7) is 13.0. The zero-order valence-electron chi connectivity index (χ0n) is 12.3. The Labute approximate surface area is 138 Å². The summed E-state index contributed by atoms with van der Waals surface area (Å²) >= 11 is 5.67. The van der Waals surface area contributed by atoms with Gasteiger partial charge >= 0.3 is 0 Å². The van der Waals surface area contributed by atoms with Crippen LogP contribution in [0.2, 0.25) is 18.1 Å². The number of ether oxygens (including phenoxy) is 1. The Hall–Kier alpha value is 0.337. The fourth-order valence-electron chi connectivity index (χ4n) is 1.26. The molecule has 6 heteroatoms. The quantitative estimate of drug-likeness (QED) is 0.354. The SMILES string of the molecule is CC(Oc1ncc(I)cc1Br)O[Si](C)(C)C(C)(C)C. The second-order valence-electron chi connectivity index (χ2n) is 6.00. The van der Waals surface area contributed by atoms with Crippen molar-refractivity contribution >= 4 is 46.8 Å². The molecule has 1 heterocycles. The van der Waals surface area contributed by atoms with Gasteiger partial charge in [-0.25, -0.2) is 4.98 Å². The molecule has 108 valence electrons. The van der Waals surface area contributed by atoms with Crippen LogP contribution in [-0.2, 0) is 4.43 Å². The topological polar surface area (TPSA) is 31.4 Å². The minimum atomic E-state index is -1.82. The lowest BCUT2D eigenvalue weighted by atomic mass is 10.2. The van der Waals surface area contributed by atoms with Gasteiger partial charge in [0, 0.05) is 9.77 Å². The molecule has 1 aromatic heterocycles. The Morgan fingerprint density at radius 1 is 1.37 bits per heavy atom. The van der Waals surface area contributed by atoms with E-state index in [1.807, 2.05) is 13.0 Å². The van der Waals surface area contributed by atoms with E-state index in [9.17, 15) is 0 Å². The van der Waals surface area contributed by atoms with E-state index in [0.717, 1.165) is 8.04 Å². The second-order valence-corrected chi connectivity index (χ2v) is 12.9. The number of rotatable bonds is 4. The maximum Gasteiger partial charge on any atom is 0.230 e. The van der Waals surface area contributed by atoms with Crippen LogP contribution in [0.1, 0.15) is 27.7 Å². The molecular weight excluding hydrogens is 437 g/mol. The number of aromatic nitrogens is 1. The van der Waals surface area contributed by atoms with Crippen molar-refractivity contribution in [3.63, 3.8) is 0 Å². The molecule has 0 aliphatic rings. The van der Waals surface area contributed by atoms with E-state index >= 15 is 0 Å². The first-order chi connectivity index (χ1) is 8.53. The largest absolute Gasteiger partial charge is 0.448 e. The van der Waals surface area contributed by atoms with Crippen LogP contribution in [0.5, 0.6) is 5.88 Å². The highest BCUT2D eigenvalue weighted by atomic mass is 127. The second kappa shape index (κ2) is 6.40. The maximum atomic E-state index is 6.15. The zero-order chi connectivity index (χ0) is 14.8. The fraction of sp³-hybridized carbons (Fsp3) is 0.615. The number of nitrogens with zero attached hydrogens (tertiary/aromatic N) is 1. The van der Waals surface area contributed by atoms with Gasteiger partial charge < -0.3 is 9.16 Å². The molecule has 0 radical (unpaired) electrons. The number of pyridine rings is 1. The van der Waals surface area contributed by atoms with Gasteiger partial charge in [0.05, 0.1) is 4.47 Å². The average molecular weight is 458 g/mol. The van der Waals surface area contributed by atoms with Crippen molar-refractivity contribution in [3.8, 4) is 5.88 Å². The molecule has 0 bridgehead atoms. The van der Waals surface area contributed by atoms with Crippen LogP contribution in [0.3, 0.4) is 0 Å². The Morgan fingerprint density at radius 3 is 2.42 bits per heavy atom. The molecular formula is C13H21BrINO2Si.